The van der Waals surface area contributed by atoms with E-state index in [1.807, 2.05) is 0 Å². The van der Waals surface area contributed by atoms with Crippen LogP contribution in [0, 0.1) is 0 Å². The summed E-state index contributed by atoms with van der Waals surface area (Å²) in [5, 5.41) is 9.78. The van der Waals surface area contributed by atoms with Crippen molar-refractivity contribution < 1.29 is 28.6 Å². The number of nitrogens with one attached hydrogen (secondary N) is 1. The highest BCUT2D eigenvalue weighted by molar-refractivity contribution is 7.32. The van der Waals surface area contributed by atoms with Crippen LogP contribution in [0.15, 0.2) is 22.6 Å². The molecule has 0 radical (unpaired) electrons. The summed E-state index contributed by atoms with van der Waals surface area (Å²) in [5.74, 6) is -0.212. The molecule has 39 heavy (non-hydrogen) atoms. The van der Waals surface area contributed by atoms with E-state index in [4.69, 9.17) is 19.7 Å². The van der Waals surface area contributed by atoms with Gasteiger partial charge in [0.05, 0.1) is 0 Å². The zero-order chi connectivity index (χ0) is 28.0. The van der Waals surface area contributed by atoms with Gasteiger partial charge in [0, 0.05) is 11.2 Å². The smallest absolute Gasteiger partial charge is 0.465 e. The van der Waals surface area contributed by atoms with Gasteiger partial charge < -0.3 is 20.3 Å². The number of nitrogens with two attached hydrogens (primary N) is 1. The number of rotatable bonds is 20. The molecule has 1 aliphatic rings. The fourth-order valence-electron chi connectivity index (χ4n) is 4.85. The Hall–Kier alpha value is -2.53. The van der Waals surface area contributed by atoms with Crippen LogP contribution in [0.5, 0.6) is 0 Å². The van der Waals surface area contributed by atoms with Crippen LogP contribution in [-0.4, -0.2) is 48.8 Å². The van der Waals surface area contributed by atoms with Gasteiger partial charge in [0.2, 0.25) is 17.9 Å². The first-order valence-corrected chi connectivity index (χ1v) is 15.3. The minimum absolute atomic E-state index is 0.0389. The standard InChI is InChI=1S/C26H42N5O7P/c1-2-3-4-5-6-7-8-9-10-11-12-13-14-15-16-36-22-21(38-39(34)35)19(17-32)37-25(22)31-18-28-20-23(31)29-26(27)30-24(20)33/h18,22,25,32H,2-17H2,1H3,(H3-,27,29,30,33,34,35)/p+1. The average Bonchev–Trinajstić information content (AvgIpc) is 3.47. The van der Waals surface area contributed by atoms with Crippen molar-refractivity contribution in [2.24, 2.45) is 0 Å². The molecule has 0 aromatic carbocycles. The zero-order valence-electron chi connectivity index (χ0n) is 22.8. The second-order valence-electron chi connectivity index (χ2n) is 9.95. The van der Waals surface area contributed by atoms with Gasteiger partial charge in [-0.3, -0.25) is 14.3 Å². The van der Waals surface area contributed by atoms with Crippen LogP contribution in [0.3, 0.4) is 0 Å². The second kappa shape index (κ2) is 16.5. The summed E-state index contributed by atoms with van der Waals surface area (Å²) in [6, 6.07) is 0. The average molecular weight is 569 g/mol. The third-order valence-corrected chi connectivity index (χ3v) is 7.25. The second-order valence-corrected chi connectivity index (χ2v) is 10.6. The minimum atomic E-state index is -3.02. The molecule has 2 aromatic heterocycles. The fourth-order valence-corrected chi connectivity index (χ4v) is 5.23. The summed E-state index contributed by atoms with van der Waals surface area (Å²) in [5.41, 5.74) is 5.39. The number of hydrogen-bond acceptors (Lipinski definition) is 9. The third kappa shape index (κ3) is 9.27. The Kier molecular flexibility index (Phi) is 13.2. The van der Waals surface area contributed by atoms with E-state index >= 15 is 0 Å². The molecule has 3 unspecified atom stereocenters. The Morgan fingerprint density at radius 3 is 2.21 bits per heavy atom. The van der Waals surface area contributed by atoms with E-state index in [-0.39, 0.29) is 28.6 Å². The SMILES string of the molecule is CCCCCCCCCCCCCCCCOC1C(O[P+](=O)O)=C(CO)OC1n1cnc2c(=O)[nH]c(N)nc21. The molecule has 3 atom stereocenters. The van der Waals surface area contributed by atoms with Gasteiger partial charge in [-0.15, -0.1) is 4.89 Å². The Morgan fingerprint density at radius 1 is 1.05 bits per heavy atom. The number of aromatic amines is 1. The number of ether oxygens (including phenoxy) is 2. The van der Waals surface area contributed by atoms with E-state index in [1.54, 1.807) is 0 Å². The number of nitrogen functional groups attached to an aromatic ring is 1. The predicted octanol–water partition coefficient (Wildman–Crippen LogP) is 4.97. The van der Waals surface area contributed by atoms with Crippen LogP contribution in [0.1, 0.15) is 103 Å². The van der Waals surface area contributed by atoms with Crippen LogP contribution >= 0.6 is 8.25 Å². The lowest BCUT2D eigenvalue weighted by Gasteiger charge is -2.21. The summed E-state index contributed by atoms with van der Waals surface area (Å²) in [6.45, 7) is 2.02. The van der Waals surface area contributed by atoms with Crippen molar-refractivity contribution in [3.8, 4) is 0 Å². The van der Waals surface area contributed by atoms with Crippen molar-refractivity contribution in [3.63, 3.8) is 0 Å². The molecule has 3 heterocycles. The van der Waals surface area contributed by atoms with Gasteiger partial charge in [-0.2, -0.15) is 4.98 Å². The van der Waals surface area contributed by atoms with Gasteiger partial charge in [0.25, 0.3) is 5.56 Å². The topological polar surface area (TPSA) is 175 Å². The Bertz CT molecular complexity index is 1140. The molecule has 3 rings (SSSR count). The molecule has 1 aliphatic heterocycles. The van der Waals surface area contributed by atoms with E-state index < -0.39 is 32.8 Å². The molecule has 218 valence electrons. The minimum Gasteiger partial charge on any atom is -0.465 e. The number of imidazole rings is 1. The maximum absolute atomic E-state index is 12.2. The molecule has 2 aromatic rings. The zero-order valence-corrected chi connectivity index (χ0v) is 23.7. The fraction of sp³-hybridized carbons (Fsp3) is 0.731. The number of anilines is 1. The van der Waals surface area contributed by atoms with Crippen molar-refractivity contribution in [2.75, 3.05) is 18.9 Å². The number of nitrogens with zero attached hydrogens (tertiary/aromatic N) is 3. The van der Waals surface area contributed by atoms with Gasteiger partial charge in [-0.25, -0.2) is 9.51 Å². The third-order valence-electron chi connectivity index (χ3n) is 6.90. The maximum atomic E-state index is 12.2. The Labute approximate surface area is 229 Å². The van der Waals surface area contributed by atoms with Crippen LogP contribution in [-0.2, 0) is 18.6 Å². The van der Waals surface area contributed by atoms with Crippen molar-refractivity contribution in [1.82, 2.24) is 19.5 Å². The summed E-state index contributed by atoms with van der Waals surface area (Å²) in [4.78, 5) is 32.2. The highest BCUT2D eigenvalue weighted by Crippen LogP contribution is 2.40. The molecule has 0 fully saturated rings. The number of fused-ring (bicyclic) bond motifs is 1. The van der Waals surface area contributed by atoms with Gasteiger partial charge in [-0.1, -0.05) is 90.4 Å². The molecule has 0 saturated heterocycles. The summed E-state index contributed by atoms with van der Waals surface area (Å²) < 4.78 is 29.9. The quantitative estimate of drug-likeness (QED) is 0.126. The maximum Gasteiger partial charge on any atom is 0.747 e. The molecule has 0 spiro atoms. The molecule has 0 aliphatic carbocycles. The van der Waals surface area contributed by atoms with Crippen molar-refractivity contribution in [2.45, 2.75) is 109 Å². The van der Waals surface area contributed by atoms with Crippen LogP contribution < -0.4 is 11.3 Å². The molecule has 13 heteroatoms. The first-order valence-electron chi connectivity index (χ1n) is 14.1. The first-order chi connectivity index (χ1) is 19.0. The highest BCUT2D eigenvalue weighted by atomic mass is 31.1. The molecule has 12 nitrogen and oxygen atoms in total. The molecule has 0 bridgehead atoms. The Balaban J connectivity index is 1.46. The molecule has 0 amide bonds. The van der Waals surface area contributed by atoms with E-state index in [9.17, 15) is 19.4 Å². The lowest BCUT2D eigenvalue weighted by Crippen LogP contribution is -2.27. The van der Waals surface area contributed by atoms with Crippen molar-refractivity contribution in [1.29, 1.82) is 0 Å². The lowest BCUT2D eigenvalue weighted by molar-refractivity contribution is -0.0517. The van der Waals surface area contributed by atoms with E-state index in [2.05, 4.69) is 21.9 Å². The van der Waals surface area contributed by atoms with Crippen molar-refractivity contribution >= 4 is 25.4 Å². The summed E-state index contributed by atoms with van der Waals surface area (Å²) >= 11 is 0. The lowest BCUT2D eigenvalue weighted by atomic mass is 10.0. The molecule has 5 N–H and O–H groups in total. The highest BCUT2D eigenvalue weighted by Gasteiger charge is 2.45. The normalized spacial score (nSPS) is 17.7. The largest absolute Gasteiger partial charge is 0.747 e. The van der Waals surface area contributed by atoms with Gasteiger partial charge in [0.15, 0.2) is 23.0 Å². The van der Waals surface area contributed by atoms with Gasteiger partial charge in [-0.05, 0) is 6.42 Å². The number of aromatic nitrogens is 4. The van der Waals surface area contributed by atoms with Crippen LogP contribution in [0.4, 0.5) is 5.95 Å². The van der Waals surface area contributed by atoms with E-state index in [0.717, 1.165) is 19.3 Å². The van der Waals surface area contributed by atoms with Crippen LogP contribution in [0.2, 0.25) is 0 Å². The van der Waals surface area contributed by atoms with Crippen LogP contribution in [0.25, 0.3) is 11.2 Å². The number of aliphatic hydroxyl groups is 1. The number of unbranched alkanes of at least 4 members (excludes halogenated alkanes) is 13. The van der Waals surface area contributed by atoms with E-state index in [0.29, 0.717) is 6.61 Å². The predicted molar refractivity (Wildman–Crippen MR) is 148 cm³/mol. The first kappa shape index (κ1) is 31.0. The number of hydrogen-bond donors (Lipinski definition) is 4. The monoisotopic (exact) mass is 568 g/mol. The number of H-pyrrole nitrogens is 1. The summed E-state index contributed by atoms with van der Waals surface area (Å²) in [6.07, 6.45) is 16.7. The van der Waals surface area contributed by atoms with Gasteiger partial charge in [0.1, 0.15) is 12.9 Å². The molecular weight excluding hydrogens is 525 g/mol. The van der Waals surface area contributed by atoms with Gasteiger partial charge >= 0.3 is 8.25 Å². The number of aliphatic hydroxyl groups excluding tert-OH is 1. The molecule has 0 saturated carbocycles. The Morgan fingerprint density at radius 2 is 1.64 bits per heavy atom. The molecular formula is C26H43N5O7P+. The summed E-state index contributed by atoms with van der Waals surface area (Å²) in [7, 11) is -3.02. The van der Waals surface area contributed by atoms with Crippen molar-refractivity contribution in [3.05, 3.63) is 28.2 Å². The van der Waals surface area contributed by atoms with E-state index in [1.165, 1.54) is 81.5 Å².